The Labute approximate surface area is 188 Å². The fourth-order valence-electron chi connectivity index (χ4n) is 2.95. The lowest BCUT2D eigenvalue weighted by Crippen LogP contribution is -2.41. The molecule has 0 radical (unpaired) electrons. The Hall–Kier alpha value is -0.900. The number of aliphatic imine (C=N–C) groups is 1. The van der Waals surface area contributed by atoms with E-state index in [1.165, 1.54) is 0 Å². The quantitative estimate of drug-likeness (QED) is 0.194. The smallest absolute Gasteiger partial charge is 0.226 e. The molecule has 28 heavy (non-hydrogen) atoms. The Morgan fingerprint density at radius 1 is 1.07 bits per heavy atom. The fraction of sp³-hybridized carbons (Fsp3) is 0.850. The summed E-state index contributed by atoms with van der Waals surface area (Å²) in [6, 6.07) is 1.15. The number of nitrogens with zero attached hydrogens (tertiary/aromatic N) is 4. The van der Waals surface area contributed by atoms with Gasteiger partial charge in [0.15, 0.2) is 11.8 Å². The van der Waals surface area contributed by atoms with Gasteiger partial charge in [0.05, 0.1) is 0 Å². The number of hydrogen-bond donors (Lipinski definition) is 2. The van der Waals surface area contributed by atoms with Crippen LogP contribution in [0, 0.1) is 0 Å². The Morgan fingerprint density at radius 3 is 2.29 bits per heavy atom. The Bertz CT molecular complexity index is 537. The van der Waals surface area contributed by atoms with Crippen molar-refractivity contribution in [3.8, 4) is 0 Å². The fourth-order valence-corrected chi connectivity index (χ4v) is 2.95. The zero-order valence-electron chi connectivity index (χ0n) is 18.8. The molecule has 0 aromatic carbocycles. The van der Waals surface area contributed by atoms with Crippen LogP contribution < -0.4 is 10.6 Å². The zero-order valence-corrected chi connectivity index (χ0v) is 21.1. The zero-order chi connectivity index (χ0) is 20.2. The van der Waals surface area contributed by atoms with E-state index in [2.05, 4.69) is 79.1 Å². The van der Waals surface area contributed by atoms with Crippen LogP contribution in [0.15, 0.2) is 9.52 Å². The predicted octanol–water partition coefficient (Wildman–Crippen LogP) is 3.81. The maximum atomic E-state index is 5.28. The molecule has 0 fully saturated rings. The maximum Gasteiger partial charge on any atom is 0.226 e. The normalized spacial score (nSPS) is 12.2. The third-order valence-corrected chi connectivity index (χ3v) is 4.38. The number of hydrogen-bond acceptors (Lipinski definition) is 5. The van der Waals surface area contributed by atoms with Gasteiger partial charge in [-0.3, -0.25) is 9.89 Å². The highest BCUT2D eigenvalue weighted by Gasteiger charge is 2.12. The van der Waals surface area contributed by atoms with Crippen LogP contribution in [0.1, 0.15) is 78.9 Å². The summed E-state index contributed by atoms with van der Waals surface area (Å²) in [5, 5.41) is 10.7. The molecular weight excluding hydrogens is 467 g/mol. The van der Waals surface area contributed by atoms with E-state index < -0.39 is 0 Å². The van der Waals surface area contributed by atoms with Crippen molar-refractivity contribution in [3.63, 3.8) is 0 Å². The van der Waals surface area contributed by atoms with Gasteiger partial charge in [0.2, 0.25) is 5.89 Å². The molecule has 0 bridgehead atoms. The van der Waals surface area contributed by atoms with Crippen LogP contribution in [0.4, 0.5) is 0 Å². The van der Waals surface area contributed by atoms with E-state index in [1.54, 1.807) is 0 Å². The molecule has 0 atom stereocenters. The molecule has 1 rings (SSSR count). The van der Waals surface area contributed by atoms with Gasteiger partial charge >= 0.3 is 0 Å². The standard InChI is InChI=1S/C20H40N6O.HI/c1-8-21-20(23-13-10-14-26(16(4)5)17(6)7)22-12-9-11-18-24-19(15(2)3)25-27-18;/h15-17H,8-14H2,1-7H3,(H2,21,22,23);1H. The van der Waals surface area contributed by atoms with E-state index in [-0.39, 0.29) is 24.0 Å². The Kier molecular flexibility index (Phi) is 14.5. The third kappa shape index (κ3) is 10.6. The minimum Gasteiger partial charge on any atom is -0.357 e. The molecule has 0 aliphatic heterocycles. The first-order chi connectivity index (χ1) is 12.8. The lowest BCUT2D eigenvalue weighted by Gasteiger charge is -2.30. The molecule has 0 saturated heterocycles. The first kappa shape index (κ1) is 27.1. The minimum absolute atomic E-state index is 0. The average molecular weight is 508 g/mol. The third-order valence-electron chi connectivity index (χ3n) is 4.38. The van der Waals surface area contributed by atoms with Crippen molar-refractivity contribution in [1.29, 1.82) is 0 Å². The summed E-state index contributed by atoms with van der Waals surface area (Å²) in [6.07, 6.45) is 2.76. The summed E-state index contributed by atoms with van der Waals surface area (Å²) in [5.41, 5.74) is 0. The Morgan fingerprint density at radius 2 is 1.75 bits per heavy atom. The lowest BCUT2D eigenvalue weighted by molar-refractivity contribution is 0.173. The number of guanidine groups is 1. The largest absolute Gasteiger partial charge is 0.357 e. The Balaban J connectivity index is 0.00000729. The molecule has 0 spiro atoms. The van der Waals surface area contributed by atoms with Gasteiger partial charge in [0.1, 0.15) is 0 Å². The number of aromatic nitrogens is 2. The molecule has 0 aliphatic rings. The molecule has 2 N–H and O–H groups in total. The van der Waals surface area contributed by atoms with E-state index in [0.29, 0.717) is 23.9 Å². The molecule has 164 valence electrons. The highest BCUT2D eigenvalue weighted by molar-refractivity contribution is 14.0. The summed E-state index contributed by atoms with van der Waals surface area (Å²) in [5.74, 6) is 2.66. The lowest BCUT2D eigenvalue weighted by atomic mass is 10.2. The van der Waals surface area contributed by atoms with Crippen molar-refractivity contribution in [2.75, 3.05) is 26.2 Å². The van der Waals surface area contributed by atoms with Gasteiger partial charge in [-0.05, 0) is 47.5 Å². The second-order valence-electron chi connectivity index (χ2n) is 7.77. The van der Waals surface area contributed by atoms with Gasteiger partial charge in [0.25, 0.3) is 0 Å². The summed E-state index contributed by atoms with van der Waals surface area (Å²) in [4.78, 5) is 11.6. The van der Waals surface area contributed by atoms with Crippen LogP contribution in [0.5, 0.6) is 0 Å². The average Bonchev–Trinajstić information content (AvgIpc) is 3.06. The molecule has 1 aromatic heterocycles. The van der Waals surface area contributed by atoms with Crippen molar-refractivity contribution < 1.29 is 4.52 Å². The molecule has 7 nitrogen and oxygen atoms in total. The predicted molar refractivity (Wildman–Crippen MR) is 128 cm³/mol. The molecule has 0 aliphatic carbocycles. The molecule has 0 unspecified atom stereocenters. The first-order valence-corrected chi connectivity index (χ1v) is 10.5. The summed E-state index contributed by atoms with van der Waals surface area (Å²) in [7, 11) is 0. The number of rotatable bonds is 12. The number of halogens is 1. The highest BCUT2D eigenvalue weighted by Crippen LogP contribution is 2.10. The van der Waals surface area contributed by atoms with Crippen LogP contribution in [0.25, 0.3) is 0 Å². The topological polar surface area (TPSA) is 78.6 Å². The van der Waals surface area contributed by atoms with Crippen LogP contribution in [-0.4, -0.2) is 59.3 Å². The van der Waals surface area contributed by atoms with Crippen molar-refractivity contribution in [2.24, 2.45) is 4.99 Å². The van der Waals surface area contributed by atoms with Crippen LogP contribution in [0.2, 0.25) is 0 Å². The van der Waals surface area contributed by atoms with Gasteiger partial charge < -0.3 is 15.2 Å². The van der Waals surface area contributed by atoms with Gasteiger partial charge in [0, 0.05) is 50.6 Å². The molecule has 0 saturated carbocycles. The molecular formula is C20H41IN6O. The van der Waals surface area contributed by atoms with Crippen molar-refractivity contribution in [2.45, 2.75) is 85.7 Å². The summed E-state index contributed by atoms with van der Waals surface area (Å²) >= 11 is 0. The van der Waals surface area contributed by atoms with Crippen molar-refractivity contribution in [3.05, 3.63) is 11.7 Å². The molecule has 0 amide bonds. The second-order valence-corrected chi connectivity index (χ2v) is 7.77. The number of aryl methyl sites for hydroxylation is 1. The molecule has 1 heterocycles. The molecule has 8 heteroatoms. The molecule has 1 aromatic rings. The monoisotopic (exact) mass is 508 g/mol. The van der Waals surface area contributed by atoms with Gasteiger partial charge in [-0.15, -0.1) is 24.0 Å². The van der Waals surface area contributed by atoms with Crippen LogP contribution in [-0.2, 0) is 6.42 Å². The van der Waals surface area contributed by atoms with Gasteiger partial charge in [-0.1, -0.05) is 19.0 Å². The van der Waals surface area contributed by atoms with Gasteiger partial charge in [-0.2, -0.15) is 4.98 Å². The SMILES string of the molecule is CCNC(=NCCCc1nc(C(C)C)no1)NCCCN(C(C)C)C(C)C.I. The highest BCUT2D eigenvalue weighted by atomic mass is 127. The van der Waals surface area contributed by atoms with Crippen molar-refractivity contribution in [1.82, 2.24) is 25.7 Å². The van der Waals surface area contributed by atoms with E-state index in [0.717, 1.165) is 57.2 Å². The van der Waals surface area contributed by atoms with E-state index in [9.17, 15) is 0 Å². The van der Waals surface area contributed by atoms with Crippen LogP contribution in [0.3, 0.4) is 0 Å². The van der Waals surface area contributed by atoms with Gasteiger partial charge in [-0.25, -0.2) is 0 Å². The maximum absolute atomic E-state index is 5.28. The second kappa shape index (κ2) is 15.0. The summed E-state index contributed by atoms with van der Waals surface area (Å²) < 4.78 is 5.28. The minimum atomic E-state index is 0. The number of nitrogens with one attached hydrogen (secondary N) is 2. The first-order valence-electron chi connectivity index (χ1n) is 10.5. The van der Waals surface area contributed by atoms with E-state index >= 15 is 0 Å². The van der Waals surface area contributed by atoms with Crippen LogP contribution >= 0.6 is 24.0 Å². The van der Waals surface area contributed by atoms with Crippen molar-refractivity contribution >= 4 is 29.9 Å². The van der Waals surface area contributed by atoms with E-state index in [1.807, 2.05) is 0 Å². The summed E-state index contributed by atoms with van der Waals surface area (Å²) in [6.45, 7) is 18.8. The van der Waals surface area contributed by atoms with E-state index in [4.69, 9.17) is 4.52 Å².